The summed E-state index contributed by atoms with van der Waals surface area (Å²) in [7, 11) is 3.84. The Morgan fingerprint density at radius 2 is 1.92 bits per heavy atom. The second kappa shape index (κ2) is 6.25. The molecule has 0 aliphatic carbocycles. The largest absolute Gasteiger partial charge is 0.356 e. The molecule has 1 saturated heterocycles. The first kappa shape index (κ1) is 16.3. The second-order valence-corrected chi connectivity index (χ2v) is 7.64. The van der Waals surface area contributed by atoms with Crippen molar-refractivity contribution in [1.82, 2.24) is 20.1 Å². The number of anilines is 2. The monoisotopic (exact) mass is 358 g/mol. The van der Waals surface area contributed by atoms with Gasteiger partial charge in [-0.1, -0.05) is 0 Å². The third-order valence-corrected chi connectivity index (χ3v) is 5.68. The fourth-order valence-electron chi connectivity index (χ4n) is 3.31. The molecule has 0 radical (unpaired) electrons. The first-order valence-corrected chi connectivity index (χ1v) is 9.39. The maximum absolute atomic E-state index is 5.46. The van der Waals surface area contributed by atoms with E-state index in [1.165, 1.54) is 10.9 Å². The van der Waals surface area contributed by atoms with Gasteiger partial charge in [-0.25, -0.2) is 9.97 Å². The summed E-state index contributed by atoms with van der Waals surface area (Å²) in [5, 5.41) is 7.39. The summed E-state index contributed by atoms with van der Waals surface area (Å²) in [5.41, 5.74) is 1.25. The van der Waals surface area contributed by atoms with Gasteiger partial charge in [0.05, 0.1) is 5.39 Å². The van der Waals surface area contributed by atoms with Crippen molar-refractivity contribution in [1.29, 1.82) is 0 Å². The number of hydrogen-bond donors (Lipinski definition) is 0. The Hall–Kier alpha value is -2.22. The van der Waals surface area contributed by atoms with E-state index >= 15 is 0 Å². The summed E-state index contributed by atoms with van der Waals surface area (Å²) in [6.45, 7) is 5.97. The predicted octanol–water partition coefficient (Wildman–Crippen LogP) is 3.14. The number of thiophene rings is 1. The summed E-state index contributed by atoms with van der Waals surface area (Å²) < 4.78 is 5.46. The Labute approximate surface area is 150 Å². The average Bonchev–Trinajstić information content (AvgIpc) is 3.22. The van der Waals surface area contributed by atoms with Crippen molar-refractivity contribution < 1.29 is 4.52 Å². The van der Waals surface area contributed by atoms with Crippen LogP contribution in [-0.4, -0.2) is 47.3 Å². The van der Waals surface area contributed by atoms with E-state index in [0.29, 0.717) is 11.9 Å². The van der Waals surface area contributed by atoms with E-state index in [1.807, 2.05) is 25.9 Å². The van der Waals surface area contributed by atoms with E-state index in [0.717, 1.165) is 48.3 Å². The smallest absolute Gasteiger partial charge is 0.265 e. The Morgan fingerprint density at radius 1 is 1.16 bits per heavy atom. The van der Waals surface area contributed by atoms with Gasteiger partial charge in [0, 0.05) is 33.1 Å². The molecule has 0 atom stereocenters. The lowest BCUT2D eigenvalue weighted by Crippen LogP contribution is -2.34. The minimum absolute atomic E-state index is 0.319. The van der Waals surface area contributed by atoms with Crippen LogP contribution in [0.4, 0.5) is 11.8 Å². The van der Waals surface area contributed by atoms with Gasteiger partial charge in [-0.3, -0.25) is 0 Å². The van der Waals surface area contributed by atoms with Crippen LogP contribution >= 0.6 is 11.3 Å². The van der Waals surface area contributed by atoms with Crippen LogP contribution in [0.3, 0.4) is 0 Å². The van der Waals surface area contributed by atoms with Gasteiger partial charge in [-0.15, -0.1) is 11.3 Å². The van der Waals surface area contributed by atoms with Gasteiger partial charge in [-0.05, 0) is 42.8 Å². The van der Waals surface area contributed by atoms with Crippen LogP contribution in [0.15, 0.2) is 9.90 Å². The van der Waals surface area contributed by atoms with Crippen LogP contribution in [0.25, 0.3) is 10.2 Å². The van der Waals surface area contributed by atoms with Crippen LogP contribution < -0.4 is 9.80 Å². The summed E-state index contributed by atoms with van der Waals surface area (Å²) in [5.74, 6) is 3.61. The first-order chi connectivity index (χ1) is 12.0. The van der Waals surface area contributed by atoms with Crippen molar-refractivity contribution in [3.63, 3.8) is 0 Å². The highest BCUT2D eigenvalue weighted by Crippen LogP contribution is 2.35. The van der Waals surface area contributed by atoms with Crippen LogP contribution in [0.2, 0.25) is 0 Å². The Morgan fingerprint density at radius 3 is 2.60 bits per heavy atom. The molecule has 8 heteroatoms. The van der Waals surface area contributed by atoms with Crippen molar-refractivity contribution in [2.24, 2.45) is 0 Å². The summed E-state index contributed by atoms with van der Waals surface area (Å²) in [6.07, 6.45) is 1.98. The quantitative estimate of drug-likeness (QED) is 0.712. The van der Waals surface area contributed by atoms with Gasteiger partial charge in [0.15, 0.2) is 0 Å². The highest BCUT2D eigenvalue weighted by Gasteiger charge is 2.27. The fourth-order valence-corrected chi connectivity index (χ4v) is 4.27. The Balaban J connectivity index is 1.55. The van der Waals surface area contributed by atoms with E-state index in [2.05, 4.69) is 32.3 Å². The molecular weight excluding hydrogens is 336 g/mol. The predicted molar refractivity (Wildman–Crippen MR) is 99.7 cm³/mol. The maximum atomic E-state index is 5.46. The second-order valence-electron chi connectivity index (χ2n) is 6.78. The number of nitrogens with zero attached hydrogens (tertiary/aromatic N) is 6. The summed E-state index contributed by atoms with van der Waals surface area (Å²) in [4.78, 5) is 19.1. The van der Waals surface area contributed by atoms with Gasteiger partial charge in [0.1, 0.15) is 16.5 Å². The van der Waals surface area contributed by atoms with Gasteiger partial charge >= 0.3 is 0 Å². The highest BCUT2D eigenvalue weighted by molar-refractivity contribution is 7.17. The Kier molecular flexibility index (Phi) is 4.07. The molecule has 4 rings (SSSR count). The van der Waals surface area contributed by atoms with Crippen LogP contribution in [-0.2, 0) is 0 Å². The Bertz CT molecular complexity index is 894. The number of hydrogen-bond acceptors (Lipinski definition) is 8. The molecule has 7 nitrogen and oxygen atoms in total. The van der Waals surface area contributed by atoms with Gasteiger partial charge in [0.2, 0.25) is 5.89 Å². The standard InChI is InChI=1S/C17H22N6OS/c1-10-9-25-16-13(10)14(18-11(2)19-16)23-7-5-12(6-8-23)15-20-17(21-24-15)22(3)4/h9,12H,5-8H2,1-4H3. The molecular formula is C17H22N6OS. The molecule has 0 spiro atoms. The molecule has 0 amide bonds. The lowest BCUT2D eigenvalue weighted by molar-refractivity contribution is 0.329. The molecule has 0 bridgehead atoms. The van der Waals surface area contributed by atoms with Crippen LogP contribution in [0, 0.1) is 13.8 Å². The maximum Gasteiger partial charge on any atom is 0.265 e. The van der Waals surface area contributed by atoms with Crippen molar-refractivity contribution in [3.05, 3.63) is 22.7 Å². The molecule has 0 N–H and O–H groups in total. The summed E-state index contributed by atoms with van der Waals surface area (Å²) >= 11 is 1.69. The van der Waals surface area contributed by atoms with E-state index in [1.54, 1.807) is 11.3 Å². The minimum atomic E-state index is 0.319. The molecule has 1 aliphatic heterocycles. The number of aryl methyl sites for hydroxylation is 2. The minimum Gasteiger partial charge on any atom is -0.356 e. The van der Waals surface area contributed by atoms with Crippen molar-refractivity contribution in [2.45, 2.75) is 32.6 Å². The van der Waals surface area contributed by atoms with Gasteiger partial charge in [0.25, 0.3) is 5.95 Å². The number of fused-ring (bicyclic) bond motifs is 1. The molecule has 0 saturated carbocycles. The zero-order valence-electron chi connectivity index (χ0n) is 15.0. The molecule has 1 fully saturated rings. The molecule has 1 aliphatic rings. The number of aromatic nitrogens is 4. The topological polar surface area (TPSA) is 71.2 Å². The molecule has 3 aromatic rings. The van der Waals surface area contributed by atoms with E-state index < -0.39 is 0 Å². The zero-order valence-corrected chi connectivity index (χ0v) is 15.8. The highest BCUT2D eigenvalue weighted by atomic mass is 32.1. The van der Waals surface area contributed by atoms with E-state index in [9.17, 15) is 0 Å². The van der Waals surface area contributed by atoms with Crippen LogP contribution in [0.1, 0.15) is 36.0 Å². The SMILES string of the molecule is Cc1nc(N2CCC(c3nc(N(C)C)no3)CC2)c2c(C)csc2n1. The molecule has 4 heterocycles. The van der Waals surface area contributed by atoms with Gasteiger partial charge < -0.3 is 14.3 Å². The van der Waals surface area contributed by atoms with Crippen LogP contribution in [0.5, 0.6) is 0 Å². The zero-order chi connectivity index (χ0) is 17.6. The van der Waals surface area contributed by atoms with Crippen molar-refractivity contribution >= 4 is 33.3 Å². The van der Waals surface area contributed by atoms with E-state index in [-0.39, 0.29) is 0 Å². The number of rotatable bonds is 3. The fraction of sp³-hybridized carbons (Fsp3) is 0.529. The molecule has 25 heavy (non-hydrogen) atoms. The first-order valence-electron chi connectivity index (χ1n) is 8.51. The van der Waals surface area contributed by atoms with Gasteiger partial charge in [-0.2, -0.15) is 4.98 Å². The molecule has 3 aromatic heterocycles. The normalized spacial score (nSPS) is 15.9. The third kappa shape index (κ3) is 2.95. The molecule has 0 unspecified atom stereocenters. The van der Waals surface area contributed by atoms with Crippen molar-refractivity contribution in [3.8, 4) is 0 Å². The lowest BCUT2D eigenvalue weighted by atomic mass is 9.96. The van der Waals surface area contributed by atoms with Crippen molar-refractivity contribution in [2.75, 3.05) is 37.0 Å². The van der Waals surface area contributed by atoms with E-state index in [4.69, 9.17) is 9.51 Å². The summed E-state index contributed by atoms with van der Waals surface area (Å²) in [6, 6.07) is 0. The third-order valence-electron chi connectivity index (χ3n) is 4.68. The molecule has 132 valence electrons. The molecule has 0 aromatic carbocycles. The number of piperidine rings is 1. The average molecular weight is 358 g/mol. The lowest BCUT2D eigenvalue weighted by Gasteiger charge is -2.31.